The molecule has 3 heterocycles. The molecule has 3 heteroatoms. The molecule has 11 rings (SSSR count). The van der Waals surface area contributed by atoms with E-state index in [1.54, 1.807) is 0 Å². The van der Waals surface area contributed by atoms with Crippen molar-refractivity contribution in [2.75, 3.05) is 0 Å². The molecule has 0 radical (unpaired) electrons. The van der Waals surface area contributed by atoms with E-state index in [0.717, 1.165) is 16.2 Å². The Hall–Kier alpha value is -6.97. The Balaban J connectivity index is 1.20. The van der Waals surface area contributed by atoms with Crippen LogP contribution in [0.5, 0.6) is 0 Å². The van der Waals surface area contributed by atoms with Crippen molar-refractivity contribution in [3.63, 3.8) is 0 Å². The van der Waals surface area contributed by atoms with Crippen molar-refractivity contribution in [2.24, 2.45) is 0 Å². The van der Waals surface area contributed by atoms with Crippen LogP contribution in [0, 0.1) is 0 Å². The Morgan fingerprint density at radius 1 is 0.269 bits per heavy atom. The van der Waals surface area contributed by atoms with E-state index in [0.29, 0.717) is 0 Å². The van der Waals surface area contributed by atoms with Gasteiger partial charge < -0.3 is 0 Å². The van der Waals surface area contributed by atoms with E-state index in [1.807, 2.05) is 37.2 Å². The molecule has 0 atom stereocenters. The summed E-state index contributed by atoms with van der Waals surface area (Å²) in [4.78, 5) is 13.2. The summed E-state index contributed by atoms with van der Waals surface area (Å²) in [6.07, 6.45) is 11.5. The minimum absolute atomic E-state index is 1.13. The quantitative estimate of drug-likeness (QED) is 0.177. The number of hydrogen-bond acceptors (Lipinski definition) is 3. The van der Waals surface area contributed by atoms with Gasteiger partial charge in [-0.15, -0.1) is 0 Å². The predicted octanol–water partition coefficient (Wildman–Crippen LogP) is 12.9. The lowest BCUT2D eigenvalue weighted by Gasteiger charge is -2.18. The van der Waals surface area contributed by atoms with Gasteiger partial charge in [-0.1, -0.05) is 103 Å². The highest BCUT2D eigenvalue weighted by atomic mass is 14.6. The average molecular weight is 660 g/mol. The Labute approximate surface area is 299 Å². The third-order valence-electron chi connectivity index (χ3n) is 10.9. The molecule has 0 N–H and O–H groups in total. The Bertz CT molecular complexity index is 3080. The lowest BCUT2D eigenvalue weighted by Crippen LogP contribution is -1.92. The zero-order chi connectivity index (χ0) is 34.2. The molecule has 0 amide bonds. The molecule has 11 aromatic rings. The standard InChI is InChI=1S/C49H29N3/c1-4-32-27-50-21-18-41(32)38(7-1)35-24-36(39-8-2-5-33-28-51-22-19-42(33)39)26-37(25-35)40-14-10-30-13-17-47-45(15-11-31-12-16-46(40)48(30)49(31)47)44-9-3-6-34-29-52-23-20-43(34)44/h1-29H. The summed E-state index contributed by atoms with van der Waals surface area (Å²) in [5.41, 5.74) is 9.60. The molecule has 0 aliphatic carbocycles. The molecule has 0 fully saturated rings. The summed E-state index contributed by atoms with van der Waals surface area (Å²) in [5, 5.41) is 14.6. The molecule has 3 nitrogen and oxygen atoms in total. The summed E-state index contributed by atoms with van der Waals surface area (Å²) >= 11 is 0. The second-order valence-corrected chi connectivity index (χ2v) is 13.7. The van der Waals surface area contributed by atoms with Gasteiger partial charge in [0.25, 0.3) is 0 Å². The number of aromatic nitrogens is 3. The van der Waals surface area contributed by atoms with E-state index in [2.05, 4.69) is 154 Å². The van der Waals surface area contributed by atoms with Gasteiger partial charge in [0.1, 0.15) is 0 Å². The van der Waals surface area contributed by atoms with Crippen molar-refractivity contribution in [1.29, 1.82) is 0 Å². The normalized spacial score (nSPS) is 11.8. The van der Waals surface area contributed by atoms with Crippen LogP contribution in [-0.2, 0) is 0 Å². The van der Waals surface area contributed by atoms with Crippen LogP contribution in [0.25, 0.3) is 109 Å². The fraction of sp³-hybridized carbons (Fsp3) is 0. The number of benzene rings is 8. The summed E-state index contributed by atoms with van der Waals surface area (Å²) in [6, 6.07) is 51.4. The van der Waals surface area contributed by atoms with Crippen LogP contribution in [0.4, 0.5) is 0 Å². The second-order valence-electron chi connectivity index (χ2n) is 13.7. The maximum Gasteiger partial charge on any atom is 0.0346 e. The van der Waals surface area contributed by atoms with Crippen molar-refractivity contribution in [1.82, 2.24) is 15.0 Å². The molecule has 0 unspecified atom stereocenters. The number of rotatable bonds is 4. The lowest BCUT2D eigenvalue weighted by molar-refractivity contribution is 1.36. The van der Waals surface area contributed by atoms with Gasteiger partial charge in [-0.05, 0) is 129 Å². The average Bonchev–Trinajstić information content (AvgIpc) is 3.22. The van der Waals surface area contributed by atoms with E-state index in [4.69, 9.17) is 0 Å². The van der Waals surface area contributed by atoms with Crippen LogP contribution < -0.4 is 0 Å². The number of nitrogens with zero attached hydrogens (tertiary/aromatic N) is 3. The van der Waals surface area contributed by atoms with Crippen LogP contribution in [0.15, 0.2) is 177 Å². The Morgan fingerprint density at radius 3 is 1.13 bits per heavy atom. The zero-order valence-electron chi connectivity index (χ0n) is 28.1. The molecule has 0 spiro atoms. The molecule has 0 saturated heterocycles. The van der Waals surface area contributed by atoms with Gasteiger partial charge in [-0.25, -0.2) is 0 Å². The first kappa shape index (κ1) is 28.8. The SMILES string of the molecule is c1cc(-c2cc(-c3cccc4cnccc34)cc(-c3ccc4ccc5c(-c6cccc7cnccc67)ccc6ccc3c4c65)c2)c2ccncc2c1. The van der Waals surface area contributed by atoms with Gasteiger partial charge in [0.15, 0.2) is 0 Å². The maximum absolute atomic E-state index is 4.42. The number of pyridine rings is 3. The van der Waals surface area contributed by atoms with Crippen LogP contribution in [0.2, 0.25) is 0 Å². The van der Waals surface area contributed by atoms with Crippen LogP contribution >= 0.6 is 0 Å². The number of hydrogen-bond donors (Lipinski definition) is 0. The van der Waals surface area contributed by atoms with Crippen molar-refractivity contribution < 1.29 is 0 Å². The van der Waals surface area contributed by atoms with Gasteiger partial charge in [-0.2, -0.15) is 0 Å². The summed E-state index contributed by atoms with van der Waals surface area (Å²) < 4.78 is 0. The fourth-order valence-corrected chi connectivity index (χ4v) is 8.49. The molecular weight excluding hydrogens is 631 g/mol. The first-order chi connectivity index (χ1) is 25.8. The van der Waals surface area contributed by atoms with Crippen molar-refractivity contribution in [2.45, 2.75) is 0 Å². The van der Waals surface area contributed by atoms with E-state index in [9.17, 15) is 0 Å². The molecule has 8 aromatic carbocycles. The van der Waals surface area contributed by atoms with Gasteiger partial charge >= 0.3 is 0 Å². The molecule has 0 saturated carbocycles. The first-order valence-corrected chi connectivity index (χ1v) is 17.6. The van der Waals surface area contributed by atoms with Crippen LogP contribution in [-0.4, -0.2) is 15.0 Å². The van der Waals surface area contributed by atoms with E-state index < -0.39 is 0 Å². The molecule has 52 heavy (non-hydrogen) atoms. The lowest BCUT2D eigenvalue weighted by atomic mass is 9.85. The molecule has 0 bridgehead atoms. The predicted molar refractivity (Wildman–Crippen MR) is 218 cm³/mol. The Morgan fingerprint density at radius 2 is 0.635 bits per heavy atom. The third-order valence-corrected chi connectivity index (χ3v) is 10.9. The van der Waals surface area contributed by atoms with E-state index in [-0.39, 0.29) is 0 Å². The molecule has 240 valence electrons. The molecular formula is C49H29N3. The monoisotopic (exact) mass is 659 g/mol. The molecule has 3 aromatic heterocycles. The van der Waals surface area contributed by atoms with Crippen LogP contribution in [0.1, 0.15) is 0 Å². The van der Waals surface area contributed by atoms with Gasteiger partial charge in [0.2, 0.25) is 0 Å². The minimum Gasteiger partial charge on any atom is -0.264 e. The highest BCUT2D eigenvalue weighted by Crippen LogP contribution is 2.45. The smallest absolute Gasteiger partial charge is 0.0346 e. The zero-order valence-corrected chi connectivity index (χ0v) is 28.1. The third kappa shape index (κ3) is 4.36. The molecule has 0 aliphatic heterocycles. The first-order valence-electron chi connectivity index (χ1n) is 17.6. The van der Waals surface area contributed by atoms with Crippen molar-refractivity contribution >= 4 is 64.6 Å². The van der Waals surface area contributed by atoms with Crippen LogP contribution in [0.3, 0.4) is 0 Å². The van der Waals surface area contributed by atoms with Crippen molar-refractivity contribution in [3.8, 4) is 44.5 Å². The van der Waals surface area contributed by atoms with E-state index in [1.165, 1.54) is 93.0 Å². The van der Waals surface area contributed by atoms with Gasteiger partial charge in [0, 0.05) is 53.3 Å². The number of fused-ring (bicyclic) bond motifs is 3. The van der Waals surface area contributed by atoms with E-state index >= 15 is 0 Å². The highest BCUT2D eigenvalue weighted by Gasteiger charge is 2.18. The summed E-state index contributed by atoms with van der Waals surface area (Å²) in [5.74, 6) is 0. The summed E-state index contributed by atoms with van der Waals surface area (Å²) in [6.45, 7) is 0. The Kier molecular flexibility index (Phi) is 6.25. The largest absolute Gasteiger partial charge is 0.264 e. The highest BCUT2D eigenvalue weighted by molar-refractivity contribution is 6.28. The maximum atomic E-state index is 4.42. The summed E-state index contributed by atoms with van der Waals surface area (Å²) in [7, 11) is 0. The van der Waals surface area contributed by atoms with Crippen molar-refractivity contribution in [3.05, 3.63) is 177 Å². The topological polar surface area (TPSA) is 38.7 Å². The van der Waals surface area contributed by atoms with Gasteiger partial charge in [0.05, 0.1) is 0 Å². The van der Waals surface area contributed by atoms with Gasteiger partial charge in [-0.3, -0.25) is 15.0 Å². The molecule has 0 aliphatic rings. The fourth-order valence-electron chi connectivity index (χ4n) is 8.49. The second kappa shape index (κ2) is 11.3. The minimum atomic E-state index is 1.13.